The second kappa shape index (κ2) is 41.9. The molecule has 15 rings (SSSR count). The number of hydrogen-bond acceptors (Lipinski definition) is 15. The molecule has 3 fully saturated rings. The van der Waals surface area contributed by atoms with Crippen molar-refractivity contribution in [3.8, 4) is 23.1 Å². The number of benzene rings is 9. The predicted octanol–water partition coefficient (Wildman–Crippen LogP) is 17.8. The molecule has 0 bridgehead atoms. The second-order valence-electron chi connectivity index (χ2n) is 28.3. The minimum Gasteiger partial charge on any atom is -0.477 e. The number of carbonyl (C=O) groups is 3. The van der Waals surface area contributed by atoms with Gasteiger partial charge in [0.15, 0.2) is 11.4 Å². The van der Waals surface area contributed by atoms with Crippen molar-refractivity contribution in [2.45, 2.75) is 92.5 Å². The van der Waals surface area contributed by atoms with Crippen molar-refractivity contribution in [2.75, 3.05) is 76.9 Å². The van der Waals surface area contributed by atoms with E-state index in [1.165, 1.54) is 73.5 Å². The first-order valence-corrected chi connectivity index (χ1v) is 38.6. The van der Waals surface area contributed by atoms with Crippen LogP contribution in [-0.4, -0.2) is 98.0 Å². The van der Waals surface area contributed by atoms with Crippen LogP contribution >= 0.6 is 0 Å². The SMILES string of the molecule is C.Cc1cc(C(=O)Nc2cccc(N(CCC3CC3)c3ccccc3)c2)n(-c2cccc(CN)c2)n1.Cc1cc(C(=O)O)n(-c2cccc(C#N)c2)n1.NCCNCCN.Nc1cccc(N(CCC2CC2)c2ccccc2)c1.[C-]#[N+]c1cccc(-n2nc(C)cc2C(=O)Nc2cccc(N(CCC3CC3)c3ccccc3)c2)c1. The average Bonchev–Trinajstić information content (AvgIpc) is 1.64. The molecule has 586 valence electrons. The summed E-state index contributed by atoms with van der Waals surface area (Å²) in [6.07, 6.45) is 11.7. The lowest BCUT2D eigenvalue weighted by molar-refractivity contribution is 0.0686. The van der Waals surface area contributed by atoms with Crippen LogP contribution in [0.25, 0.3) is 21.9 Å². The van der Waals surface area contributed by atoms with Gasteiger partial charge in [-0.2, -0.15) is 20.6 Å². The number of carbonyl (C=O) groups excluding carboxylic acids is 2. The van der Waals surface area contributed by atoms with E-state index in [1.54, 1.807) is 70.9 Å². The molecule has 0 saturated heterocycles. The molecule has 3 saturated carbocycles. The maximum atomic E-state index is 13.3. The molecule has 114 heavy (non-hydrogen) atoms. The zero-order chi connectivity index (χ0) is 79.4. The zero-order valence-electron chi connectivity index (χ0n) is 64.4. The maximum Gasteiger partial charge on any atom is 0.354 e. The standard InChI is InChI=1S/C29H27N5O.C29H31N5O.C17H20N2.C12H9N3O2.C4H13N3.CH4/c1-21-18-28(34(32-21)27-13-6-8-23(19-27)30-2)29(35)31-24-9-7-12-26(20-24)33(17-16-22-14-15-22)25-10-4-3-5-11-25;1-21-17-28(34(32-21)27-12-5-7-23(18-27)20-30)29(35)31-24-8-6-11-26(19-24)33(16-15-22-13-14-22)25-9-3-2-4-10-25;18-15-5-4-8-17(13-15)19(12-11-14-9-10-14)16-6-2-1-3-7-16;1-8-5-11(12(16)17)15(14-8)10-4-2-3-9(6-10)7-13;5-1-3-7-4-2-6;/h3-13,18-20,22H,14-17H2,1H3,(H,31,35);2-12,17-19,22H,13-16,20,30H2,1H3,(H,31,35);1-8,13-14H,9-12,18H2;2-6H,1H3,(H,16,17);7H,1-6H2;1H4. The van der Waals surface area contributed by atoms with Gasteiger partial charge in [-0.25, -0.2) is 23.7 Å². The van der Waals surface area contributed by atoms with E-state index in [4.69, 9.17) is 39.9 Å². The number of nitriles is 1. The number of nitrogens with one attached hydrogen (secondary N) is 3. The van der Waals surface area contributed by atoms with Gasteiger partial charge in [-0.3, -0.25) is 9.59 Å². The van der Waals surface area contributed by atoms with E-state index >= 15 is 0 Å². The summed E-state index contributed by atoms with van der Waals surface area (Å²) >= 11 is 0. The van der Waals surface area contributed by atoms with Crippen LogP contribution < -0.4 is 53.6 Å². The highest BCUT2D eigenvalue weighted by Crippen LogP contribution is 2.39. The van der Waals surface area contributed by atoms with Gasteiger partial charge in [0.25, 0.3) is 11.8 Å². The smallest absolute Gasteiger partial charge is 0.354 e. The summed E-state index contributed by atoms with van der Waals surface area (Å²) in [7, 11) is 0. The van der Waals surface area contributed by atoms with E-state index in [1.807, 2.05) is 111 Å². The number of nitrogens with zero attached hydrogens (tertiary/aromatic N) is 11. The predicted molar refractivity (Wildman–Crippen MR) is 460 cm³/mol. The molecule has 0 aliphatic heterocycles. The molecular formula is C92H104N18O4. The van der Waals surface area contributed by atoms with Crippen LogP contribution in [0.1, 0.15) is 125 Å². The Labute approximate surface area is 669 Å². The molecule has 3 aliphatic carbocycles. The van der Waals surface area contributed by atoms with Crippen LogP contribution in [0.15, 0.2) is 255 Å². The first-order valence-electron chi connectivity index (χ1n) is 38.6. The topological polar surface area (TPSA) is 303 Å². The first kappa shape index (κ1) is 83.5. The van der Waals surface area contributed by atoms with Crippen molar-refractivity contribution >= 4 is 74.7 Å². The number of aryl methyl sites for hydroxylation is 3. The molecule has 22 nitrogen and oxygen atoms in total. The number of carboxylic acids is 1. The van der Waals surface area contributed by atoms with Crippen LogP contribution in [0.3, 0.4) is 0 Å². The molecule has 0 atom stereocenters. The molecule has 0 unspecified atom stereocenters. The van der Waals surface area contributed by atoms with Gasteiger partial charge in [0, 0.05) is 104 Å². The van der Waals surface area contributed by atoms with Gasteiger partial charge >= 0.3 is 5.97 Å². The minimum absolute atomic E-state index is 0. The van der Waals surface area contributed by atoms with Crippen LogP contribution in [0.5, 0.6) is 0 Å². The number of nitrogens with two attached hydrogens (primary N) is 4. The number of hydrogen-bond donors (Lipinski definition) is 8. The molecule has 12 aromatic rings. The Morgan fingerprint density at radius 2 is 0.851 bits per heavy atom. The van der Waals surface area contributed by atoms with E-state index in [9.17, 15) is 14.4 Å². The number of aromatic nitrogens is 6. The van der Waals surface area contributed by atoms with Crippen molar-refractivity contribution in [3.05, 3.63) is 311 Å². The Morgan fingerprint density at radius 1 is 0.474 bits per heavy atom. The summed E-state index contributed by atoms with van der Waals surface area (Å²) in [5, 5.41) is 40.2. The van der Waals surface area contributed by atoms with Gasteiger partial charge in [-0.1, -0.05) is 149 Å². The number of para-hydroxylation sites is 3. The van der Waals surface area contributed by atoms with Crippen molar-refractivity contribution in [2.24, 2.45) is 35.0 Å². The third-order valence-corrected chi connectivity index (χ3v) is 19.2. The van der Waals surface area contributed by atoms with Crippen LogP contribution in [0.4, 0.5) is 56.9 Å². The monoisotopic (exact) mass is 1520 g/mol. The molecule has 9 aromatic carbocycles. The Balaban J connectivity index is 0.000000162. The number of aromatic carboxylic acids is 1. The maximum absolute atomic E-state index is 13.3. The quantitative estimate of drug-likeness (QED) is 0.0128. The number of amides is 2. The lowest BCUT2D eigenvalue weighted by Crippen LogP contribution is -2.27. The molecule has 3 heterocycles. The Hall–Kier alpha value is -13.0. The normalized spacial score (nSPS) is 12.3. The van der Waals surface area contributed by atoms with Gasteiger partial charge in [0.05, 0.1) is 52.3 Å². The molecule has 3 aliphatic rings. The van der Waals surface area contributed by atoms with Gasteiger partial charge in [0.2, 0.25) is 0 Å². The third kappa shape index (κ3) is 24.5. The lowest BCUT2D eigenvalue weighted by atomic mass is 10.2. The molecule has 22 heteroatoms. The molecule has 12 N–H and O–H groups in total. The lowest BCUT2D eigenvalue weighted by Gasteiger charge is -2.25. The van der Waals surface area contributed by atoms with Crippen LogP contribution in [0.2, 0.25) is 0 Å². The molecule has 0 spiro atoms. The summed E-state index contributed by atoms with van der Waals surface area (Å²) in [5.41, 5.74) is 38.3. The summed E-state index contributed by atoms with van der Waals surface area (Å²) in [6, 6.07) is 84.2. The number of rotatable bonds is 28. The highest BCUT2D eigenvalue weighted by atomic mass is 16.4. The summed E-state index contributed by atoms with van der Waals surface area (Å²) < 4.78 is 4.59. The van der Waals surface area contributed by atoms with E-state index in [0.717, 1.165) is 119 Å². The summed E-state index contributed by atoms with van der Waals surface area (Å²) in [5.74, 6) is 1.10. The molecule has 0 radical (unpaired) electrons. The highest BCUT2D eigenvalue weighted by Gasteiger charge is 2.27. The third-order valence-electron chi connectivity index (χ3n) is 19.2. The van der Waals surface area contributed by atoms with E-state index in [0.29, 0.717) is 59.3 Å². The summed E-state index contributed by atoms with van der Waals surface area (Å²) in [4.78, 5) is 48.2. The fraction of sp³-hybridized carbons (Fsp3) is 0.261. The Kier molecular flexibility index (Phi) is 30.7. The average molecular weight is 1530 g/mol. The van der Waals surface area contributed by atoms with E-state index in [2.05, 4.69) is 154 Å². The molecule has 2 amide bonds. The van der Waals surface area contributed by atoms with Crippen molar-refractivity contribution in [1.29, 1.82) is 5.26 Å². The fourth-order valence-corrected chi connectivity index (χ4v) is 12.9. The highest BCUT2D eigenvalue weighted by molar-refractivity contribution is 6.04. The van der Waals surface area contributed by atoms with Gasteiger partial charge in [-0.05, 0) is 215 Å². The van der Waals surface area contributed by atoms with Gasteiger partial charge < -0.3 is 58.7 Å². The zero-order valence-corrected chi connectivity index (χ0v) is 64.4. The van der Waals surface area contributed by atoms with Crippen molar-refractivity contribution in [1.82, 2.24) is 34.7 Å². The van der Waals surface area contributed by atoms with Crippen LogP contribution in [-0.2, 0) is 6.54 Å². The fourth-order valence-electron chi connectivity index (χ4n) is 12.9. The second-order valence-corrected chi connectivity index (χ2v) is 28.3. The Bertz CT molecular complexity index is 5170. The molecular weight excluding hydrogens is 1420 g/mol. The number of anilines is 9. The van der Waals surface area contributed by atoms with Gasteiger partial charge in [0.1, 0.15) is 11.4 Å². The van der Waals surface area contributed by atoms with E-state index in [-0.39, 0.29) is 24.9 Å². The van der Waals surface area contributed by atoms with Crippen LogP contribution in [0, 0.1) is 56.4 Å². The van der Waals surface area contributed by atoms with E-state index < -0.39 is 5.97 Å². The van der Waals surface area contributed by atoms with Crippen molar-refractivity contribution < 1.29 is 19.5 Å². The van der Waals surface area contributed by atoms with Crippen molar-refractivity contribution in [3.63, 3.8) is 0 Å². The minimum atomic E-state index is -1.05. The Morgan fingerprint density at radius 3 is 1.25 bits per heavy atom. The van der Waals surface area contributed by atoms with Gasteiger partial charge in [-0.15, -0.1) is 0 Å². The largest absolute Gasteiger partial charge is 0.477 e. The summed E-state index contributed by atoms with van der Waals surface area (Å²) in [6.45, 7) is 19.3. The number of nitrogen functional groups attached to an aromatic ring is 1. The molecule has 3 aromatic heterocycles. The first-order chi connectivity index (χ1) is 55.1. The number of carboxylic acid groups (broad SMARTS) is 1.